The van der Waals surface area contributed by atoms with Gasteiger partial charge in [-0.15, -0.1) is 0 Å². The molecule has 3 aliphatic rings. The van der Waals surface area contributed by atoms with Gasteiger partial charge in [-0.2, -0.15) is 13.2 Å². The highest BCUT2D eigenvalue weighted by atomic mass is 32.2. The Morgan fingerprint density at radius 3 is 2.33 bits per heavy atom. The van der Waals surface area contributed by atoms with E-state index in [0.29, 0.717) is 57.9 Å². The number of ether oxygens (including phenoxy) is 3. The lowest BCUT2D eigenvalue weighted by atomic mass is 9.86. The summed E-state index contributed by atoms with van der Waals surface area (Å²) < 4.78 is 84.9. The van der Waals surface area contributed by atoms with Gasteiger partial charge >= 0.3 is 12.1 Å². The van der Waals surface area contributed by atoms with E-state index in [4.69, 9.17) is 14.2 Å². The van der Waals surface area contributed by atoms with Gasteiger partial charge in [0, 0.05) is 17.5 Å². The van der Waals surface area contributed by atoms with Crippen LogP contribution in [0, 0.1) is 13.8 Å². The second-order valence-corrected chi connectivity index (χ2v) is 14.9. The lowest BCUT2D eigenvalue weighted by molar-refractivity contribution is -0.138. The first-order valence-corrected chi connectivity index (χ1v) is 17.0. The molecular weight excluding hydrogens is 625 g/mol. The molecule has 12 heteroatoms. The van der Waals surface area contributed by atoms with E-state index in [-0.39, 0.29) is 55.5 Å². The van der Waals surface area contributed by atoms with Crippen LogP contribution in [0.4, 0.5) is 13.2 Å². The van der Waals surface area contributed by atoms with Gasteiger partial charge in [0.25, 0.3) is 0 Å². The highest BCUT2D eigenvalue weighted by Crippen LogP contribution is 2.49. The van der Waals surface area contributed by atoms with Gasteiger partial charge < -0.3 is 24.4 Å². The van der Waals surface area contributed by atoms with Crippen LogP contribution in [0.3, 0.4) is 0 Å². The monoisotopic (exact) mass is 660 g/mol. The molecule has 0 radical (unpaired) electrons. The molecule has 0 aromatic heterocycles. The van der Waals surface area contributed by atoms with Crippen molar-refractivity contribution in [3.05, 3.63) is 75.8 Å². The van der Waals surface area contributed by atoms with Crippen LogP contribution in [-0.2, 0) is 27.2 Å². The quantitative estimate of drug-likeness (QED) is 0.288. The number of fused-ring (bicyclic) bond motifs is 2. The van der Waals surface area contributed by atoms with Crippen molar-refractivity contribution in [2.75, 3.05) is 24.7 Å². The predicted octanol–water partition coefficient (Wildman–Crippen LogP) is 6.32. The number of hydrogen-bond donors (Lipinski definition) is 2. The number of aryl methyl sites for hydroxylation is 2. The number of carboxylic acid groups (broad SMARTS) is 1. The Hall–Kier alpha value is -3.77. The number of aliphatic carboxylic acids is 1. The van der Waals surface area contributed by atoms with Crippen molar-refractivity contribution in [3.8, 4) is 28.4 Å². The summed E-state index contributed by atoms with van der Waals surface area (Å²) in [5.41, 5.74) is 1.70. The Morgan fingerprint density at radius 2 is 1.67 bits per heavy atom. The standard InChI is InChI=1S/C34H35F3O8S/c1-19-13-23(44-18-33(40)9-11-46(41,42)12-10-33)14-20(2)31(19)32-26-6-8-28(25(26)5-7-27(32)34(35,36)37)45-22-3-4-24-21(15-30(38)39)17-43-29(24)16-22/h3-5,7,13-14,16,21,28,40H,6,8-12,15,17-18H2,1-2H3,(H,38,39)/t21-,28-/m1/s1. The molecule has 6 rings (SSSR count). The zero-order chi connectivity index (χ0) is 33.0. The van der Waals surface area contributed by atoms with Crippen molar-refractivity contribution < 1.29 is 50.8 Å². The third-order valence-corrected chi connectivity index (χ3v) is 10.9. The minimum absolute atomic E-state index is 0.0475. The second kappa shape index (κ2) is 11.8. The molecule has 246 valence electrons. The summed E-state index contributed by atoms with van der Waals surface area (Å²) in [7, 11) is -3.18. The number of sulfone groups is 1. The smallest absolute Gasteiger partial charge is 0.417 e. The Kier molecular flexibility index (Phi) is 8.25. The van der Waals surface area contributed by atoms with Crippen LogP contribution in [-0.4, -0.2) is 54.9 Å². The maximum absolute atomic E-state index is 14.5. The van der Waals surface area contributed by atoms with E-state index in [9.17, 15) is 36.6 Å². The van der Waals surface area contributed by atoms with Gasteiger partial charge in [-0.3, -0.25) is 4.79 Å². The lowest BCUT2D eigenvalue weighted by Crippen LogP contribution is -2.43. The highest BCUT2D eigenvalue weighted by molar-refractivity contribution is 7.91. The first-order valence-electron chi connectivity index (χ1n) is 15.2. The molecule has 0 bridgehead atoms. The number of carboxylic acids is 1. The van der Waals surface area contributed by atoms with Crippen LogP contribution in [0.1, 0.15) is 71.1 Å². The van der Waals surface area contributed by atoms with Crippen LogP contribution in [0.2, 0.25) is 0 Å². The van der Waals surface area contributed by atoms with E-state index < -0.39 is 39.3 Å². The lowest BCUT2D eigenvalue weighted by Gasteiger charge is -2.31. The second-order valence-electron chi connectivity index (χ2n) is 12.6. The normalized spacial score (nSPS) is 21.3. The number of halogens is 3. The minimum Gasteiger partial charge on any atom is -0.492 e. The van der Waals surface area contributed by atoms with Gasteiger partial charge in [0.05, 0.1) is 30.1 Å². The van der Waals surface area contributed by atoms with Crippen LogP contribution < -0.4 is 14.2 Å². The molecule has 1 aliphatic carbocycles. The molecule has 2 N–H and O–H groups in total. The van der Waals surface area contributed by atoms with Crippen molar-refractivity contribution in [3.63, 3.8) is 0 Å². The summed E-state index contributed by atoms with van der Waals surface area (Å²) in [4.78, 5) is 11.2. The summed E-state index contributed by atoms with van der Waals surface area (Å²) >= 11 is 0. The summed E-state index contributed by atoms with van der Waals surface area (Å²) in [6, 6.07) is 11.1. The van der Waals surface area contributed by atoms with Gasteiger partial charge in [0.2, 0.25) is 0 Å². The molecule has 1 saturated heterocycles. The molecule has 2 aliphatic heterocycles. The maximum atomic E-state index is 14.5. The highest BCUT2D eigenvalue weighted by Gasteiger charge is 2.40. The number of alkyl halides is 3. The SMILES string of the molecule is Cc1cc(OCC2(O)CCS(=O)(=O)CC2)cc(C)c1-c1c(C(F)(F)F)ccc2c1CC[C@H]2Oc1ccc2c(c1)OC[C@H]2CC(=O)O. The van der Waals surface area contributed by atoms with E-state index in [0.717, 1.165) is 11.6 Å². The molecule has 0 saturated carbocycles. The van der Waals surface area contributed by atoms with Crippen LogP contribution >= 0.6 is 0 Å². The Morgan fingerprint density at radius 1 is 1.00 bits per heavy atom. The molecular formula is C34H35F3O8S. The number of rotatable bonds is 8. The zero-order valence-electron chi connectivity index (χ0n) is 25.4. The van der Waals surface area contributed by atoms with E-state index >= 15 is 0 Å². The molecule has 0 unspecified atom stereocenters. The van der Waals surface area contributed by atoms with Gasteiger partial charge in [0.15, 0.2) is 9.84 Å². The van der Waals surface area contributed by atoms with E-state index in [1.165, 1.54) is 6.07 Å². The van der Waals surface area contributed by atoms with Gasteiger partial charge in [-0.25, -0.2) is 8.42 Å². The third kappa shape index (κ3) is 6.42. The summed E-state index contributed by atoms with van der Waals surface area (Å²) in [5, 5.41) is 20.0. The van der Waals surface area contributed by atoms with E-state index in [1.54, 1.807) is 44.2 Å². The van der Waals surface area contributed by atoms with Gasteiger partial charge in [0.1, 0.15) is 35.6 Å². The number of aliphatic hydroxyl groups is 1. The van der Waals surface area contributed by atoms with Crippen LogP contribution in [0.5, 0.6) is 17.2 Å². The largest absolute Gasteiger partial charge is 0.492 e. The van der Waals surface area contributed by atoms with E-state index in [2.05, 4.69) is 0 Å². The Balaban J connectivity index is 1.28. The van der Waals surface area contributed by atoms with Crippen LogP contribution in [0.25, 0.3) is 11.1 Å². The fraction of sp³-hybridized carbons (Fsp3) is 0.441. The number of hydrogen-bond acceptors (Lipinski definition) is 7. The molecule has 8 nitrogen and oxygen atoms in total. The average molecular weight is 661 g/mol. The molecule has 1 fully saturated rings. The van der Waals surface area contributed by atoms with Crippen LogP contribution in [0.15, 0.2) is 42.5 Å². The number of carbonyl (C=O) groups is 1. The van der Waals surface area contributed by atoms with Crippen molar-refractivity contribution in [2.45, 2.75) is 69.8 Å². The fourth-order valence-electron chi connectivity index (χ4n) is 6.87. The molecule has 46 heavy (non-hydrogen) atoms. The average Bonchev–Trinajstić information content (AvgIpc) is 3.56. The van der Waals surface area contributed by atoms with Gasteiger partial charge in [-0.1, -0.05) is 12.1 Å². The molecule has 2 heterocycles. The fourth-order valence-corrected chi connectivity index (χ4v) is 8.45. The number of benzene rings is 3. The topological polar surface area (TPSA) is 119 Å². The molecule has 0 spiro atoms. The zero-order valence-corrected chi connectivity index (χ0v) is 26.3. The summed E-state index contributed by atoms with van der Waals surface area (Å²) in [5.74, 6) is -0.000460. The molecule has 0 amide bonds. The maximum Gasteiger partial charge on any atom is 0.417 e. The third-order valence-electron chi connectivity index (χ3n) is 9.24. The molecule has 2 atom stereocenters. The molecule has 3 aromatic rings. The van der Waals surface area contributed by atoms with Gasteiger partial charge in [-0.05, 0) is 97.2 Å². The Labute approximate surface area is 265 Å². The van der Waals surface area contributed by atoms with Crippen molar-refractivity contribution in [2.24, 2.45) is 0 Å². The minimum atomic E-state index is -4.61. The Bertz CT molecular complexity index is 1760. The van der Waals surface area contributed by atoms with Crippen molar-refractivity contribution >= 4 is 15.8 Å². The van der Waals surface area contributed by atoms with Crippen molar-refractivity contribution in [1.29, 1.82) is 0 Å². The first kappa shape index (κ1) is 32.2. The summed E-state index contributed by atoms with van der Waals surface area (Å²) in [6.07, 6.45) is -4.19. The molecule has 3 aromatic carbocycles. The van der Waals surface area contributed by atoms with Crippen molar-refractivity contribution in [1.82, 2.24) is 0 Å². The summed E-state index contributed by atoms with van der Waals surface area (Å²) in [6.45, 7) is 3.58. The first-order chi connectivity index (χ1) is 21.6. The van der Waals surface area contributed by atoms with E-state index in [1.807, 2.05) is 0 Å². The predicted molar refractivity (Wildman–Crippen MR) is 163 cm³/mol.